The molecule has 1 aliphatic rings. The SMILES string of the molecule is CCNc1nc(NC2(NC)CC(F)(OC)C(C(=O)N(CC)CCOC)C=C2OC)ncc1C(F)(F)F. The highest BCUT2D eigenvalue weighted by molar-refractivity contribution is 5.82. The second-order valence-corrected chi connectivity index (χ2v) is 8.05. The summed E-state index contributed by atoms with van der Waals surface area (Å²) in [6.07, 6.45) is -3.24. The topological polar surface area (TPSA) is 110 Å². The van der Waals surface area contributed by atoms with Crippen molar-refractivity contribution in [3.63, 3.8) is 0 Å². The maximum Gasteiger partial charge on any atom is 0.421 e. The predicted molar refractivity (Wildman–Crippen MR) is 125 cm³/mol. The summed E-state index contributed by atoms with van der Waals surface area (Å²) < 4.78 is 72.1. The van der Waals surface area contributed by atoms with Crippen LogP contribution in [0.5, 0.6) is 0 Å². The number of rotatable bonds is 12. The molecule has 0 radical (unpaired) electrons. The molecule has 3 unspecified atom stereocenters. The zero-order chi connectivity index (χ0) is 27.1. The number of nitrogens with one attached hydrogen (secondary N) is 3. The Hall–Kier alpha value is -2.71. The van der Waals surface area contributed by atoms with Crippen molar-refractivity contribution in [2.75, 3.05) is 65.3 Å². The van der Waals surface area contributed by atoms with E-state index in [0.717, 1.165) is 7.11 Å². The molecule has 1 aliphatic carbocycles. The van der Waals surface area contributed by atoms with Gasteiger partial charge in [-0.1, -0.05) is 0 Å². The molecule has 0 bridgehead atoms. The second kappa shape index (κ2) is 12.0. The molecule has 1 amide bonds. The number of methoxy groups -OCH3 is 3. The summed E-state index contributed by atoms with van der Waals surface area (Å²) in [5.74, 6) is -4.94. The third kappa shape index (κ3) is 6.16. The number of hydrogen-bond donors (Lipinski definition) is 3. The number of halogens is 4. The number of nitrogens with zero attached hydrogens (tertiary/aromatic N) is 3. The van der Waals surface area contributed by atoms with Crippen LogP contribution in [0.4, 0.5) is 29.3 Å². The van der Waals surface area contributed by atoms with Gasteiger partial charge in [0.1, 0.15) is 23.1 Å². The Kier molecular flexibility index (Phi) is 9.85. The predicted octanol–water partition coefficient (Wildman–Crippen LogP) is 2.61. The molecule has 0 spiro atoms. The Labute approximate surface area is 207 Å². The molecule has 1 aromatic heterocycles. The lowest BCUT2D eigenvalue weighted by atomic mass is 9.81. The normalized spacial score (nSPS) is 24.2. The number of aromatic nitrogens is 2. The van der Waals surface area contributed by atoms with Crippen LogP contribution in [0.15, 0.2) is 18.0 Å². The third-order valence-corrected chi connectivity index (χ3v) is 5.98. The number of ether oxygens (including phenoxy) is 3. The largest absolute Gasteiger partial charge is 0.497 e. The number of carbonyl (C=O) groups excluding carboxylic acids is 1. The van der Waals surface area contributed by atoms with Crippen molar-refractivity contribution in [1.29, 1.82) is 0 Å². The van der Waals surface area contributed by atoms with Gasteiger partial charge in [-0.3, -0.25) is 10.1 Å². The quantitative estimate of drug-likeness (QED) is 0.282. The summed E-state index contributed by atoms with van der Waals surface area (Å²) in [5, 5.41) is 8.31. The van der Waals surface area contributed by atoms with Crippen LogP contribution in [0, 0.1) is 5.92 Å². The van der Waals surface area contributed by atoms with Crippen LogP contribution in [0.1, 0.15) is 25.8 Å². The van der Waals surface area contributed by atoms with Crippen LogP contribution >= 0.6 is 0 Å². The first-order valence-electron chi connectivity index (χ1n) is 11.4. The summed E-state index contributed by atoms with van der Waals surface area (Å²) >= 11 is 0. The van der Waals surface area contributed by atoms with Gasteiger partial charge in [-0.05, 0) is 27.0 Å². The van der Waals surface area contributed by atoms with Crippen LogP contribution in [0.25, 0.3) is 0 Å². The molecule has 14 heteroatoms. The minimum Gasteiger partial charge on any atom is -0.497 e. The molecule has 3 N–H and O–H groups in total. The van der Waals surface area contributed by atoms with Crippen LogP contribution in [0.3, 0.4) is 0 Å². The summed E-state index contributed by atoms with van der Waals surface area (Å²) in [6, 6.07) is 0. The van der Waals surface area contributed by atoms with Gasteiger partial charge in [0, 0.05) is 40.1 Å². The average Bonchev–Trinajstić information content (AvgIpc) is 2.84. The molecule has 204 valence electrons. The monoisotopic (exact) mass is 522 g/mol. The fourth-order valence-electron chi connectivity index (χ4n) is 4.02. The molecule has 0 saturated heterocycles. The molecule has 0 fully saturated rings. The van der Waals surface area contributed by atoms with E-state index in [-0.39, 0.29) is 31.4 Å². The first kappa shape index (κ1) is 29.5. The smallest absolute Gasteiger partial charge is 0.421 e. The van der Waals surface area contributed by atoms with E-state index in [1.165, 1.54) is 32.2 Å². The minimum atomic E-state index is -4.68. The van der Waals surface area contributed by atoms with Crippen molar-refractivity contribution >= 4 is 17.7 Å². The number of alkyl halides is 4. The van der Waals surface area contributed by atoms with E-state index in [2.05, 4.69) is 25.9 Å². The maximum absolute atomic E-state index is 16.3. The number of hydrogen-bond acceptors (Lipinski definition) is 9. The van der Waals surface area contributed by atoms with Gasteiger partial charge in [-0.25, -0.2) is 9.37 Å². The van der Waals surface area contributed by atoms with Crippen LogP contribution in [-0.2, 0) is 25.2 Å². The van der Waals surface area contributed by atoms with Gasteiger partial charge in [0.05, 0.1) is 20.1 Å². The van der Waals surface area contributed by atoms with Crippen molar-refractivity contribution in [3.05, 3.63) is 23.6 Å². The lowest BCUT2D eigenvalue weighted by molar-refractivity contribution is -0.186. The third-order valence-electron chi connectivity index (χ3n) is 5.98. The average molecular weight is 523 g/mol. The molecule has 0 aliphatic heterocycles. The van der Waals surface area contributed by atoms with E-state index in [4.69, 9.17) is 14.2 Å². The van der Waals surface area contributed by atoms with Gasteiger partial charge < -0.3 is 29.7 Å². The molecule has 36 heavy (non-hydrogen) atoms. The van der Waals surface area contributed by atoms with Crippen LogP contribution < -0.4 is 16.0 Å². The zero-order valence-electron chi connectivity index (χ0n) is 21.3. The van der Waals surface area contributed by atoms with Gasteiger partial charge in [0.25, 0.3) is 0 Å². The highest BCUT2D eigenvalue weighted by Crippen LogP contribution is 2.43. The highest BCUT2D eigenvalue weighted by atomic mass is 19.4. The van der Waals surface area contributed by atoms with E-state index >= 15 is 4.39 Å². The molecule has 1 aromatic rings. The molecule has 0 aromatic carbocycles. The zero-order valence-corrected chi connectivity index (χ0v) is 21.3. The molecule has 2 rings (SSSR count). The van der Waals surface area contributed by atoms with Crippen molar-refractivity contribution in [3.8, 4) is 0 Å². The van der Waals surface area contributed by atoms with Gasteiger partial charge in [-0.15, -0.1) is 0 Å². The van der Waals surface area contributed by atoms with E-state index in [0.29, 0.717) is 12.7 Å². The number of carbonyl (C=O) groups is 1. The molecule has 0 saturated carbocycles. The summed E-state index contributed by atoms with van der Waals surface area (Å²) in [6.45, 7) is 4.39. The fourth-order valence-corrected chi connectivity index (χ4v) is 4.02. The maximum atomic E-state index is 16.3. The highest BCUT2D eigenvalue weighted by Gasteiger charge is 2.56. The van der Waals surface area contributed by atoms with E-state index in [1.54, 1.807) is 13.8 Å². The van der Waals surface area contributed by atoms with Crippen molar-refractivity contribution < 1.29 is 36.6 Å². The summed E-state index contributed by atoms with van der Waals surface area (Å²) in [4.78, 5) is 22.4. The van der Waals surface area contributed by atoms with Crippen LogP contribution in [-0.4, -0.2) is 86.9 Å². The Morgan fingerprint density at radius 1 is 1.28 bits per heavy atom. The van der Waals surface area contributed by atoms with Gasteiger partial charge >= 0.3 is 6.18 Å². The summed E-state index contributed by atoms with van der Waals surface area (Å²) in [7, 11) is 5.45. The Morgan fingerprint density at radius 3 is 2.47 bits per heavy atom. The minimum absolute atomic E-state index is 0.116. The lowest BCUT2D eigenvalue weighted by Crippen LogP contribution is -2.62. The van der Waals surface area contributed by atoms with E-state index in [9.17, 15) is 18.0 Å². The Balaban J connectivity index is 2.53. The van der Waals surface area contributed by atoms with E-state index < -0.39 is 47.3 Å². The first-order chi connectivity index (χ1) is 16.9. The molecule has 10 nitrogen and oxygen atoms in total. The summed E-state index contributed by atoms with van der Waals surface area (Å²) in [5.41, 5.74) is -2.60. The molecule has 1 heterocycles. The molecular weight excluding hydrogens is 488 g/mol. The molecular formula is C22H34F4N6O4. The van der Waals surface area contributed by atoms with Gasteiger partial charge in [0.2, 0.25) is 17.7 Å². The number of anilines is 2. The van der Waals surface area contributed by atoms with Crippen molar-refractivity contribution in [1.82, 2.24) is 20.2 Å². The van der Waals surface area contributed by atoms with Crippen LogP contribution in [0.2, 0.25) is 0 Å². The molecule has 3 atom stereocenters. The fraction of sp³-hybridized carbons (Fsp3) is 0.682. The van der Waals surface area contributed by atoms with E-state index in [1.807, 2.05) is 0 Å². The lowest BCUT2D eigenvalue weighted by Gasteiger charge is -2.46. The van der Waals surface area contributed by atoms with Gasteiger partial charge in [0.15, 0.2) is 5.66 Å². The first-order valence-corrected chi connectivity index (χ1v) is 11.4. The number of likely N-dealkylation sites (N-methyl/N-ethyl adjacent to an activating group) is 2. The Bertz CT molecular complexity index is 934. The van der Waals surface area contributed by atoms with Gasteiger partial charge in [-0.2, -0.15) is 18.2 Å². The standard InChI is InChI=1S/C22H34F4N6O4/c1-7-28-17-15(22(24,25)26)12-29-19(30-17)31-21(27-3)13-20(23,36-6)14(11-16(21)35-5)18(33)32(8-2)9-10-34-4/h11-12,14,27H,7-10,13H2,1-6H3,(H2,28,29,30,31). The van der Waals surface area contributed by atoms with Crippen molar-refractivity contribution in [2.24, 2.45) is 5.92 Å². The Morgan fingerprint density at radius 2 is 1.97 bits per heavy atom. The number of amides is 1. The van der Waals surface area contributed by atoms with Crippen molar-refractivity contribution in [2.45, 2.75) is 38.0 Å². The second-order valence-electron chi connectivity index (χ2n) is 8.05.